The van der Waals surface area contributed by atoms with Crippen LogP contribution in [-0.2, 0) is 0 Å². The fourth-order valence-corrected chi connectivity index (χ4v) is 3.86. The van der Waals surface area contributed by atoms with Crippen molar-refractivity contribution in [3.05, 3.63) is 62.3 Å². The fraction of sp³-hybridized carbons (Fsp3) is 0.421. The second-order valence-corrected chi connectivity index (χ2v) is 7.08. The molecule has 1 unspecified atom stereocenters. The van der Waals surface area contributed by atoms with E-state index < -0.39 is 11.2 Å². The van der Waals surface area contributed by atoms with E-state index in [4.69, 9.17) is 5.73 Å². The second-order valence-electron chi connectivity index (χ2n) is 7.08. The maximum absolute atomic E-state index is 12.9. The Bertz CT molecular complexity index is 943. The van der Waals surface area contributed by atoms with Crippen LogP contribution in [0.4, 0.5) is 5.82 Å². The maximum atomic E-state index is 12.9. The van der Waals surface area contributed by atoms with Gasteiger partial charge in [0.15, 0.2) is 5.78 Å². The van der Waals surface area contributed by atoms with Crippen molar-refractivity contribution in [2.75, 3.05) is 18.8 Å². The predicted octanol–water partition coefficient (Wildman–Crippen LogP) is 1.47. The molecule has 1 aromatic heterocycles. The highest BCUT2D eigenvalue weighted by molar-refractivity contribution is 6.01. The Hall–Kier alpha value is -2.67. The molecule has 7 heteroatoms. The average molecular weight is 354 g/mol. The highest BCUT2D eigenvalue weighted by Crippen LogP contribution is 2.35. The van der Waals surface area contributed by atoms with Crippen LogP contribution in [0.1, 0.15) is 53.7 Å². The quantitative estimate of drug-likeness (QED) is 0.792. The maximum Gasteiger partial charge on any atom is 0.330 e. The van der Waals surface area contributed by atoms with Crippen LogP contribution in [0.15, 0.2) is 39.9 Å². The number of benzene rings is 1. The highest BCUT2D eigenvalue weighted by Gasteiger charge is 2.32. The van der Waals surface area contributed by atoms with Gasteiger partial charge in [0, 0.05) is 12.1 Å². The van der Waals surface area contributed by atoms with Crippen LogP contribution in [0.25, 0.3) is 0 Å². The molecular formula is C19H22N4O3. The molecular weight excluding hydrogens is 332 g/mol. The fourth-order valence-electron chi connectivity index (χ4n) is 3.86. The number of nitrogens with two attached hydrogens (primary N) is 1. The van der Waals surface area contributed by atoms with Crippen LogP contribution < -0.4 is 17.0 Å². The molecule has 26 heavy (non-hydrogen) atoms. The number of nitrogens with one attached hydrogen (secondary N) is 1. The largest absolute Gasteiger partial charge is 0.384 e. The number of aromatic nitrogens is 2. The van der Waals surface area contributed by atoms with E-state index in [1.807, 2.05) is 18.2 Å². The summed E-state index contributed by atoms with van der Waals surface area (Å²) in [6.45, 7) is 0.918. The lowest BCUT2D eigenvalue weighted by molar-refractivity contribution is 0.0920. The van der Waals surface area contributed by atoms with E-state index in [2.05, 4.69) is 22.0 Å². The molecule has 2 heterocycles. The third kappa shape index (κ3) is 2.99. The monoisotopic (exact) mass is 354 g/mol. The number of hydrogen-bond donors (Lipinski definition) is 2. The Morgan fingerprint density at radius 3 is 2.58 bits per heavy atom. The smallest absolute Gasteiger partial charge is 0.330 e. The summed E-state index contributed by atoms with van der Waals surface area (Å²) >= 11 is 0. The molecule has 4 rings (SSSR count). The van der Waals surface area contributed by atoms with Crippen LogP contribution >= 0.6 is 0 Å². The highest BCUT2D eigenvalue weighted by atomic mass is 16.2. The molecule has 1 saturated heterocycles. The van der Waals surface area contributed by atoms with Crippen molar-refractivity contribution in [3.63, 3.8) is 0 Å². The lowest BCUT2D eigenvalue weighted by Crippen LogP contribution is -2.39. The van der Waals surface area contributed by atoms with Crippen LogP contribution in [-0.4, -0.2) is 33.3 Å². The minimum absolute atomic E-state index is 0.00158. The van der Waals surface area contributed by atoms with Crippen molar-refractivity contribution in [1.82, 2.24) is 14.5 Å². The van der Waals surface area contributed by atoms with Crippen LogP contribution in [0.2, 0.25) is 0 Å². The summed E-state index contributed by atoms with van der Waals surface area (Å²) in [4.78, 5) is 41.4. The molecule has 1 aliphatic heterocycles. The number of anilines is 1. The molecule has 7 nitrogen and oxygen atoms in total. The number of hydrogen-bond acceptors (Lipinski definition) is 5. The predicted molar refractivity (Wildman–Crippen MR) is 98.3 cm³/mol. The Morgan fingerprint density at radius 1 is 1.15 bits per heavy atom. The number of rotatable bonds is 5. The van der Waals surface area contributed by atoms with Gasteiger partial charge >= 0.3 is 5.69 Å². The van der Waals surface area contributed by atoms with E-state index >= 15 is 0 Å². The van der Waals surface area contributed by atoms with Gasteiger partial charge in [-0.3, -0.25) is 24.0 Å². The first-order chi connectivity index (χ1) is 12.6. The van der Waals surface area contributed by atoms with Crippen LogP contribution in [0.3, 0.4) is 0 Å². The molecule has 3 N–H and O–H groups in total. The number of carbonyl (C=O) groups is 1. The molecule has 2 aliphatic rings. The van der Waals surface area contributed by atoms with E-state index in [1.165, 1.54) is 10.1 Å². The van der Waals surface area contributed by atoms with Crippen molar-refractivity contribution in [2.45, 2.75) is 37.8 Å². The first-order valence-corrected chi connectivity index (χ1v) is 9.02. The zero-order chi connectivity index (χ0) is 18.3. The minimum atomic E-state index is -0.690. The molecule has 2 fully saturated rings. The van der Waals surface area contributed by atoms with Gasteiger partial charge < -0.3 is 5.73 Å². The first-order valence-electron chi connectivity index (χ1n) is 9.02. The van der Waals surface area contributed by atoms with E-state index in [0.717, 1.165) is 32.2 Å². The molecule has 1 saturated carbocycles. The molecule has 0 bridgehead atoms. The van der Waals surface area contributed by atoms with Gasteiger partial charge in [-0.05, 0) is 37.8 Å². The number of nitrogens with zero attached hydrogens (tertiary/aromatic N) is 2. The molecule has 0 spiro atoms. The van der Waals surface area contributed by atoms with Crippen molar-refractivity contribution in [1.29, 1.82) is 0 Å². The molecule has 1 aromatic carbocycles. The SMILES string of the molecule is Nc1c(C(=O)CN2CCCC2c2ccccc2)c(=O)[nH]c(=O)n1C1CC1. The molecule has 1 aliphatic carbocycles. The molecule has 0 radical (unpaired) electrons. The van der Waals surface area contributed by atoms with E-state index in [-0.39, 0.29) is 35.8 Å². The first kappa shape index (κ1) is 16.8. The summed E-state index contributed by atoms with van der Waals surface area (Å²) in [5, 5.41) is 0. The lowest BCUT2D eigenvalue weighted by atomic mass is 10.0. The summed E-state index contributed by atoms with van der Waals surface area (Å²) in [6, 6.07) is 10.2. The number of aromatic amines is 1. The van der Waals surface area contributed by atoms with Gasteiger partial charge in [-0.15, -0.1) is 0 Å². The van der Waals surface area contributed by atoms with Gasteiger partial charge in [-0.2, -0.15) is 0 Å². The summed E-state index contributed by atoms with van der Waals surface area (Å²) in [5.41, 5.74) is 5.91. The summed E-state index contributed by atoms with van der Waals surface area (Å²) in [6.07, 6.45) is 3.66. The summed E-state index contributed by atoms with van der Waals surface area (Å²) < 4.78 is 1.35. The number of H-pyrrole nitrogens is 1. The van der Waals surface area contributed by atoms with Crippen molar-refractivity contribution in [3.8, 4) is 0 Å². The number of Topliss-reactive ketones (excluding diaryl/α,β-unsaturated/α-hetero) is 1. The number of carbonyl (C=O) groups excluding carboxylic acids is 1. The summed E-state index contributed by atoms with van der Waals surface area (Å²) in [7, 11) is 0. The van der Waals surface area contributed by atoms with Crippen LogP contribution in [0, 0.1) is 0 Å². The van der Waals surface area contributed by atoms with Crippen molar-refractivity contribution >= 4 is 11.6 Å². The van der Waals surface area contributed by atoms with Gasteiger partial charge in [0.05, 0.1) is 6.54 Å². The van der Waals surface area contributed by atoms with Crippen molar-refractivity contribution < 1.29 is 4.79 Å². The average Bonchev–Trinajstić information content (AvgIpc) is 3.33. The van der Waals surface area contributed by atoms with Gasteiger partial charge in [0.1, 0.15) is 11.4 Å². The molecule has 2 aromatic rings. The van der Waals surface area contributed by atoms with Crippen LogP contribution in [0.5, 0.6) is 0 Å². The van der Waals surface area contributed by atoms with Gasteiger partial charge in [0.25, 0.3) is 5.56 Å². The topological polar surface area (TPSA) is 101 Å². The zero-order valence-corrected chi connectivity index (χ0v) is 14.5. The number of ketones is 1. The number of nitrogen functional groups attached to an aromatic ring is 1. The van der Waals surface area contributed by atoms with Gasteiger partial charge in [-0.25, -0.2) is 4.79 Å². The van der Waals surface area contributed by atoms with E-state index in [0.29, 0.717) is 0 Å². The molecule has 0 amide bonds. The Labute approximate surface area is 150 Å². The zero-order valence-electron chi connectivity index (χ0n) is 14.5. The standard InChI is InChI=1S/C19H22N4O3/c20-17-16(18(25)21-19(26)23(17)13-8-9-13)15(24)11-22-10-4-7-14(22)12-5-2-1-3-6-12/h1-3,5-6,13-14H,4,7-11,20H2,(H,21,25,26). The normalized spacial score (nSPS) is 20.4. The van der Waals surface area contributed by atoms with E-state index in [9.17, 15) is 14.4 Å². The van der Waals surface area contributed by atoms with E-state index in [1.54, 1.807) is 0 Å². The molecule has 136 valence electrons. The van der Waals surface area contributed by atoms with Gasteiger partial charge in [-0.1, -0.05) is 30.3 Å². The molecule has 1 atom stereocenters. The lowest BCUT2D eigenvalue weighted by Gasteiger charge is -2.24. The third-order valence-corrected chi connectivity index (χ3v) is 5.27. The Morgan fingerprint density at radius 2 is 1.88 bits per heavy atom. The van der Waals surface area contributed by atoms with Gasteiger partial charge in [0.2, 0.25) is 0 Å². The Balaban J connectivity index is 1.62. The minimum Gasteiger partial charge on any atom is -0.384 e. The third-order valence-electron chi connectivity index (χ3n) is 5.27. The second kappa shape index (κ2) is 6.57. The summed E-state index contributed by atoms with van der Waals surface area (Å²) in [5.74, 6) is -0.331. The Kier molecular flexibility index (Phi) is 4.24. The van der Waals surface area contributed by atoms with Crippen molar-refractivity contribution in [2.24, 2.45) is 0 Å². The number of likely N-dealkylation sites (tertiary alicyclic amines) is 1.